The van der Waals surface area contributed by atoms with Gasteiger partial charge in [-0.1, -0.05) is 54.6 Å². The number of rotatable bonds is 5. The Hall–Kier alpha value is -3.53. The summed E-state index contributed by atoms with van der Waals surface area (Å²) in [5.41, 5.74) is 4.46. The number of fused-ring (bicyclic) bond motifs is 1. The van der Waals surface area contributed by atoms with Crippen molar-refractivity contribution in [3.8, 4) is 5.75 Å². The van der Waals surface area contributed by atoms with Crippen molar-refractivity contribution < 1.29 is 43.4 Å². The lowest BCUT2D eigenvalue weighted by Crippen LogP contribution is -2.68. The van der Waals surface area contributed by atoms with Crippen LogP contribution in [0, 0.1) is 10.2 Å². The number of phenolic OH excluding ortho intramolecular Hbond substituents is 1. The summed E-state index contributed by atoms with van der Waals surface area (Å²) in [6, 6.07) is 24.9. The molecule has 0 radical (unpaired) electrons. The normalized spacial score (nSPS) is 14.3. The van der Waals surface area contributed by atoms with Crippen molar-refractivity contribution in [3.63, 3.8) is 0 Å². The van der Waals surface area contributed by atoms with Crippen molar-refractivity contribution in [2.24, 2.45) is 0 Å². The van der Waals surface area contributed by atoms with E-state index in [-0.39, 0.29) is 23.6 Å². The zero-order valence-electron chi connectivity index (χ0n) is 19.2. The predicted molar refractivity (Wildman–Crippen MR) is 121 cm³/mol. The number of amides is 1. The molecule has 2 N–H and O–H groups in total. The number of aromatic hydroxyl groups is 1. The Morgan fingerprint density at radius 3 is 2.14 bits per heavy atom. The van der Waals surface area contributed by atoms with E-state index in [0.717, 1.165) is 22.6 Å². The Bertz CT molecular complexity index is 1240. The van der Waals surface area contributed by atoms with Gasteiger partial charge >= 0.3 is 0 Å². The molecule has 0 aliphatic carbocycles. The number of anilines is 1. The van der Waals surface area contributed by atoms with Gasteiger partial charge in [0.05, 0.1) is 5.41 Å². The van der Waals surface area contributed by atoms with E-state index in [1.807, 2.05) is 72.8 Å². The summed E-state index contributed by atoms with van der Waals surface area (Å²) >= 11 is 0. The van der Waals surface area contributed by atoms with E-state index < -0.39 is 10.2 Å². The fourth-order valence-electron chi connectivity index (χ4n) is 3.97. The molecule has 1 heterocycles. The lowest BCUT2D eigenvalue weighted by Gasteiger charge is -2.17. The lowest BCUT2D eigenvalue weighted by atomic mass is 9.81. The first-order valence-electron chi connectivity index (χ1n) is 10.6. The van der Waals surface area contributed by atoms with Gasteiger partial charge in [0.25, 0.3) is 5.91 Å². The maximum Gasteiger partial charge on any atom is 0.290 e. The van der Waals surface area contributed by atoms with Crippen molar-refractivity contribution in [2.45, 2.75) is 19.3 Å². The van der Waals surface area contributed by atoms with Gasteiger partial charge in [-0.15, -0.1) is 10.2 Å². The first-order chi connectivity index (χ1) is 16.5. The van der Waals surface area contributed by atoms with Gasteiger partial charge in [0.1, 0.15) is 5.75 Å². The van der Waals surface area contributed by atoms with E-state index in [9.17, 15) is 9.90 Å². The number of phenols is 1. The molecule has 0 atom stereocenters. The second kappa shape index (κ2) is 10.8. The number of carbonyl (C=O) groups excluding carboxylic acids is 1. The molecular formula is C26H25ClN2O6. The molecule has 0 spiro atoms. The van der Waals surface area contributed by atoms with E-state index in [0.29, 0.717) is 0 Å². The van der Waals surface area contributed by atoms with Gasteiger partial charge in [-0.25, -0.2) is 18.6 Å². The number of para-hydroxylation sites is 3. The molecule has 4 rings (SSSR count). The quantitative estimate of drug-likeness (QED) is 0.488. The van der Waals surface area contributed by atoms with E-state index in [1.54, 1.807) is 12.1 Å². The van der Waals surface area contributed by atoms with Crippen LogP contribution in [-0.4, -0.2) is 27.8 Å². The van der Waals surface area contributed by atoms with E-state index in [4.69, 9.17) is 18.6 Å². The van der Waals surface area contributed by atoms with Crippen LogP contribution in [0.4, 0.5) is 11.4 Å². The molecule has 0 saturated carbocycles. The van der Waals surface area contributed by atoms with Crippen LogP contribution in [0.2, 0.25) is 0 Å². The third kappa shape index (κ3) is 6.98. The molecule has 1 aliphatic heterocycles. The summed E-state index contributed by atoms with van der Waals surface area (Å²) in [4.78, 5) is 12.8. The molecule has 0 aromatic heterocycles. The minimum atomic E-state index is -4.94. The number of halogens is 1. The number of nitrogens with zero attached hydrogens (tertiary/aromatic N) is 1. The highest BCUT2D eigenvalue weighted by Gasteiger charge is 2.44. The molecule has 0 bridgehead atoms. The number of carbonyl (C=O) groups is 1. The average molecular weight is 497 g/mol. The van der Waals surface area contributed by atoms with Gasteiger partial charge in [0, 0.05) is 29.0 Å². The van der Waals surface area contributed by atoms with Gasteiger partial charge in [0.2, 0.25) is 12.2 Å². The molecule has 182 valence electrons. The molecule has 8 nitrogen and oxygen atoms in total. The van der Waals surface area contributed by atoms with Crippen molar-refractivity contribution >= 4 is 29.1 Å². The summed E-state index contributed by atoms with van der Waals surface area (Å²) in [6.45, 7) is 4.52. The third-order valence-electron chi connectivity index (χ3n) is 5.52. The molecule has 1 amide bonds. The fourth-order valence-corrected chi connectivity index (χ4v) is 3.97. The van der Waals surface area contributed by atoms with Gasteiger partial charge in [0.15, 0.2) is 5.71 Å². The van der Waals surface area contributed by atoms with Crippen LogP contribution in [0.15, 0.2) is 84.9 Å². The summed E-state index contributed by atoms with van der Waals surface area (Å²) in [6.07, 6.45) is 3.91. The number of hydrogen-bond donors (Lipinski definition) is 2. The SMILES string of the molecule is CC1(C)C(/C=C/c2ccccc2O)=[N+](CC(=O)Nc2ccccc2)c2ccccc21.[O-][Cl+3]([O-])([O-])[O-]. The first-order valence-corrected chi connectivity index (χ1v) is 11.9. The molecule has 3 aromatic rings. The van der Waals surface area contributed by atoms with Gasteiger partial charge < -0.3 is 10.4 Å². The van der Waals surface area contributed by atoms with Crippen molar-refractivity contribution in [1.29, 1.82) is 0 Å². The number of benzene rings is 3. The minimum Gasteiger partial charge on any atom is -0.507 e. The monoisotopic (exact) mass is 496 g/mol. The molecule has 0 fully saturated rings. The standard InChI is InChI=1S/C26H24N2O2.ClHO4/c1-26(2)21-13-7-8-14-22(21)28(18-25(30)27-20-11-4-3-5-12-20)24(26)17-16-19-10-6-9-15-23(19)29;2-1(3,4)5/h3-17H,18H2,1-2H3,(H,27,30);(H,2,3,4,5). The Morgan fingerprint density at radius 1 is 0.914 bits per heavy atom. The van der Waals surface area contributed by atoms with Crippen LogP contribution in [0.5, 0.6) is 5.75 Å². The highest BCUT2D eigenvalue weighted by atomic mass is 35.7. The largest absolute Gasteiger partial charge is 0.507 e. The number of hydrogen-bond acceptors (Lipinski definition) is 6. The van der Waals surface area contributed by atoms with E-state index >= 15 is 0 Å². The smallest absolute Gasteiger partial charge is 0.290 e. The molecule has 35 heavy (non-hydrogen) atoms. The molecule has 0 unspecified atom stereocenters. The van der Waals surface area contributed by atoms with Crippen LogP contribution in [0.25, 0.3) is 6.08 Å². The van der Waals surface area contributed by atoms with Crippen LogP contribution >= 0.6 is 0 Å². The van der Waals surface area contributed by atoms with Crippen LogP contribution < -0.4 is 24.0 Å². The summed E-state index contributed by atoms with van der Waals surface area (Å²) in [5, 5.41) is 13.1. The van der Waals surface area contributed by atoms with Crippen molar-refractivity contribution in [1.82, 2.24) is 0 Å². The summed E-state index contributed by atoms with van der Waals surface area (Å²) < 4.78 is 36.0. The number of nitrogens with one attached hydrogen (secondary N) is 1. The fraction of sp³-hybridized carbons (Fsp3) is 0.154. The van der Waals surface area contributed by atoms with Crippen molar-refractivity contribution in [2.75, 3.05) is 11.9 Å². The average Bonchev–Trinajstić information content (AvgIpc) is 2.99. The first kappa shape index (κ1) is 26.1. The minimum absolute atomic E-state index is 0.0813. The highest BCUT2D eigenvalue weighted by Crippen LogP contribution is 2.40. The Morgan fingerprint density at radius 2 is 1.49 bits per heavy atom. The van der Waals surface area contributed by atoms with Crippen LogP contribution in [-0.2, 0) is 10.2 Å². The molecule has 1 aliphatic rings. The topological polar surface area (TPSA) is 145 Å². The Kier molecular flexibility index (Phi) is 8.06. The molecule has 9 heteroatoms. The van der Waals surface area contributed by atoms with E-state index in [2.05, 4.69) is 29.8 Å². The second-order valence-electron chi connectivity index (χ2n) is 8.30. The Labute approximate surface area is 205 Å². The Balaban J connectivity index is 0.000000623. The zero-order chi connectivity index (χ0) is 25.6. The summed E-state index contributed by atoms with van der Waals surface area (Å²) in [7, 11) is -4.94. The van der Waals surface area contributed by atoms with E-state index in [1.165, 1.54) is 5.56 Å². The highest BCUT2D eigenvalue weighted by molar-refractivity contribution is 6.06. The van der Waals surface area contributed by atoms with Crippen molar-refractivity contribution in [3.05, 3.63) is 96.1 Å². The van der Waals surface area contributed by atoms with Crippen LogP contribution in [0.3, 0.4) is 0 Å². The van der Waals surface area contributed by atoms with Crippen LogP contribution in [0.1, 0.15) is 25.0 Å². The second-order valence-corrected chi connectivity index (χ2v) is 9.05. The lowest BCUT2D eigenvalue weighted by molar-refractivity contribution is -2.00. The maximum absolute atomic E-state index is 12.8. The third-order valence-corrected chi connectivity index (χ3v) is 5.52. The maximum atomic E-state index is 12.8. The van der Waals surface area contributed by atoms with Gasteiger partial charge in [-0.3, -0.25) is 4.79 Å². The number of allylic oxidation sites excluding steroid dienone is 1. The summed E-state index contributed by atoms with van der Waals surface area (Å²) in [5.74, 6) is 0.151. The predicted octanol–water partition coefficient (Wildman–Crippen LogP) is 0.365. The van der Waals surface area contributed by atoms with Gasteiger partial charge in [-0.05, 0) is 38.1 Å². The molecule has 0 saturated heterocycles. The molecule has 3 aromatic carbocycles. The molecular weight excluding hydrogens is 472 g/mol. The zero-order valence-corrected chi connectivity index (χ0v) is 19.9. The van der Waals surface area contributed by atoms with Gasteiger partial charge in [-0.2, -0.15) is 4.58 Å².